The van der Waals surface area contributed by atoms with Crippen molar-refractivity contribution in [1.82, 2.24) is 20.4 Å². The molecule has 1 saturated heterocycles. The number of aromatic amines is 1. The van der Waals surface area contributed by atoms with E-state index in [1.54, 1.807) is 23.2 Å². The van der Waals surface area contributed by atoms with E-state index in [0.717, 1.165) is 5.39 Å². The van der Waals surface area contributed by atoms with E-state index in [1.807, 2.05) is 0 Å². The molecule has 3 rings (SSSR count). The van der Waals surface area contributed by atoms with E-state index >= 15 is 0 Å². The van der Waals surface area contributed by atoms with E-state index in [2.05, 4.69) is 15.5 Å². The molecule has 0 saturated carbocycles. The number of rotatable bonds is 3. The van der Waals surface area contributed by atoms with Crippen LogP contribution in [0.1, 0.15) is 18.4 Å². The Hall–Kier alpha value is -1.89. The number of urea groups is 1. The largest absolute Gasteiger partial charge is 0.341 e. The standard InChI is InChI=1S/C16H19ClF2N4O/c1-20-15(24)23-4-2-12(3-5-23)16(18,19)8-10-6-13(17)7-11-9-21-22-14(10)11/h6-7,9,12H,2-5,8H2,1H3,(H,20,24)(H,21,22). The van der Waals surface area contributed by atoms with Crippen molar-refractivity contribution >= 4 is 28.5 Å². The molecule has 1 aromatic heterocycles. The van der Waals surface area contributed by atoms with E-state index < -0.39 is 18.3 Å². The van der Waals surface area contributed by atoms with Crippen LogP contribution in [0.15, 0.2) is 18.3 Å². The minimum Gasteiger partial charge on any atom is -0.341 e. The number of H-pyrrole nitrogens is 1. The molecule has 1 aliphatic heterocycles. The van der Waals surface area contributed by atoms with Gasteiger partial charge in [0.05, 0.1) is 11.7 Å². The van der Waals surface area contributed by atoms with Crippen LogP contribution >= 0.6 is 11.6 Å². The predicted molar refractivity (Wildman–Crippen MR) is 88.5 cm³/mol. The van der Waals surface area contributed by atoms with Crippen molar-refractivity contribution < 1.29 is 13.6 Å². The molecule has 0 aliphatic carbocycles. The van der Waals surface area contributed by atoms with Crippen molar-refractivity contribution in [3.8, 4) is 0 Å². The molecule has 2 N–H and O–H groups in total. The maximum atomic E-state index is 14.8. The number of amides is 2. The van der Waals surface area contributed by atoms with Crippen molar-refractivity contribution in [3.05, 3.63) is 28.9 Å². The molecule has 2 aromatic rings. The van der Waals surface area contributed by atoms with Gasteiger partial charge in [-0.25, -0.2) is 13.6 Å². The van der Waals surface area contributed by atoms with Crippen LogP contribution in [0, 0.1) is 5.92 Å². The topological polar surface area (TPSA) is 61.0 Å². The van der Waals surface area contributed by atoms with Crippen molar-refractivity contribution in [1.29, 1.82) is 0 Å². The third-order valence-corrected chi connectivity index (χ3v) is 4.83. The number of hydrogen-bond donors (Lipinski definition) is 2. The van der Waals surface area contributed by atoms with Gasteiger partial charge in [0.25, 0.3) is 5.92 Å². The Morgan fingerprint density at radius 2 is 2.17 bits per heavy atom. The molecule has 8 heteroatoms. The number of likely N-dealkylation sites (tertiary alicyclic amines) is 1. The Bertz CT molecular complexity index is 741. The number of nitrogens with zero attached hydrogens (tertiary/aromatic N) is 2. The number of nitrogens with one attached hydrogen (secondary N) is 2. The van der Waals surface area contributed by atoms with E-state index in [1.165, 1.54) is 7.05 Å². The molecule has 24 heavy (non-hydrogen) atoms. The van der Waals surface area contributed by atoms with Gasteiger partial charge in [0, 0.05) is 42.9 Å². The molecule has 1 aliphatic rings. The average molecular weight is 357 g/mol. The van der Waals surface area contributed by atoms with Crippen LogP contribution in [0.4, 0.5) is 13.6 Å². The van der Waals surface area contributed by atoms with Crippen LogP contribution in [0.25, 0.3) is 10.9 Å². The van der Waals surface area contributed by atoms with E-state index in [0.29, 0.717) is 29.2 Å². The fourth-order valence-electron chi connectivity index (χ4n) is 3.29. The number of halogens is 3. The molecule has 0 unspecified atom stereocenters. The predicted octanol–water partition coefficient (Wildman–Crippen LogP) is 3.45. The molecule has 2 heterocycles. The number of hydrogen-bond acceptors (Lipinski definition) is 2. The highest BCUT2D eigenvalue weighted by Gasteiger charge is 2.42. The SMILES string of the molecule is CNC(=O)N1CCC(C(F)(F)Cc2cc(Cl)cc3cn[nH]c23)CC1. The summed E-state index contributed by atoms with van der Waals surface area (Å²) in [6.45, 7) is 0.684. The summed E-state index contributed by atoms with van der Waals surface area (Å²) in [5.41, 5.74) is 1.07. The van der Waals surface area contributed by atoms with Gasteiger partial charge in [-0.1, -0.05) is 11.6 Å². The number of carbonyl (C=O) groups excluding carboxylic acids is 1. The number of carbonyl (C=O) groups is 1. The maximum Gasteiger partial charge on any atom is 0.317 e. The summed E-state index contributed by atoms with van der Waals surface area (Å²) in [4.78, 5) is 13.1. The summed E-state index contributed by atoms with van der Waals surface area (Å²) >= 11 is 6.03. The van der Waals surface area contributed by atoms with Gasteiger partial charge in [-0.15, -0.1) is 0 Å². The highest BCUT2D eigenvalue weighted by Crippen LogP contribution is 2.37. The minimum atomic E-state index is -2.86. The summed E-state index contributed by atoms with van der Waals surface area (Å²) in [6.07, 6.45) is 1.75. The van der Waals surface area contributed by atoms with Crippen molar-refractivity contribution in [2.24, 2.45) is 5.92 Å². The Balaban J connectivity index is 1.74. The molecule has 0 spiro atoms. The molecule has 0 bridgehead atoms. The second-order valence-corrected chi connectivity index (χ2v) is 6.59. The van der Waals surface area contributed by atoms with Crippen molar-refractivity contribution in [2.45, 2.75) is 25.2 Å². The van der Waals surface area contributed by atoms with E-state index in [-0.39, 0.29) is 18.9 Å². The van der Waals surface area contributed by atoms with Crippen LogP contribution in [0.5, 0.6) is 0 Å². The second kappa shape index (κ2) is 6.55. The Morgan fingerprint density at radius 1 is 1.46 bits per heavy atom. The fourth-order valence-corrected chi connectivity index (χ4v) is 3.54. The van der Waals surface area contributed by atoms with Gasteiger partial charge in [-0.2, -0.15) is 5.10 Å². The van der Waals surface area contributed by atoms with Crippen LogP contribution in [0.2, 0.25) is 5.02 Å². The molecule has 1 fully saturated rings. The third kappa shape index (κ3) is 3.31. The van der Waals surface area contributed by atoms with Crippen LogP contribution in [0.3, 0.4) is 0 Å². The highest BCUT2D eigenvalue weighted by molar-refractivity contribution is 6.31. The smallest absolute Gasteiger partial charge is 0.317 e. The first kappa shape index (κ1) is 17.0. The lowest BCUT2D eigenvalue weighted by Gasteiger charge is -2.35. The van der Waals surface area contributed by atoms with Crippen LogP contribution in [-0.4, -0.2) is 47.2 Å². The van der Waals surface area contributed by atoms with E-state index in [4.69, 9.17) is 11.6 Å². The number of benzene rings is 1. The van der Waals surface area contributed by atoms with Gasteiger partial charge < -0.3 is 10.2 Å². The summed E-state index contributed by atoms with van der Waals surface area (Å²) < 4.78 is 29.5. The maximum absolute atomic E-state index is 14.8. The molecular formula is C16H19ClF2N4O. The molecule has 130 valence electrons. The summed E-state index contributed by atoms with van der Waals surface area (Å²) in [5, 5.41) is 10.3. The zero-order valence-electron chi connectivity index (χ0n) is 13.3. The minimum absolute atomic E-state index is 0.217. The highest BCUT2D eigenvalue weighted by atomic mass is 35.5. The van der Waals surface area contributed by atoms with Crippen molar-refractivity contribution in [3.63, 3.8) is 0 Å². The van der Waals surface area contributed by atoms with Crippen molar-refractivity contribution in [2.75, 3.05) is 20.1 Å². The Kier molecular flexibility index (Phi) is 4.62. The summed E-state index contributed by atoms with van der Waals surface area (Å²) in [5.74, 6) is -3.62. The first-order chi connectivity index (χ1) is 11.4. The van der Waals surface area contributed by atoms with Crippen LogP contribution < -0.4 is 5.32 Å². The van der Waals surface area contributed by atoms with Gasteiger partial charge in [-0.05, 0) is 30.5 Å². The van der Waals surface area contributed by atoms with Gasteiger partial charge in [0.15, 0.2) is 0 Å². The first-order valence-corrected chi connectivity index (χ1v) is 8.24. The van der Waals surface area contributed by atoms with Crippen LogP contribution in [-0.2, 0) is 6.42 Å². The Labute approximate surface area is 143 Å². The lowest BCUT2D eigenvalue weighted by atomic mass is 9.86. The average Bonchev–Trinajstić information content (AvgIpc) is 3.02. The second-order valence-electron chi connectivity index (χ2n) is 6.15. The van der Waals surface area contributed by atoms with Gasteiger partial charge in [0.2, 0.25) is 0 Å². The number of piperidine rings is 1. The fraction of sp³-hybridized carbons (Fsp3) is 0.500. The lowest BCUT2D eigenvalue weighted by Crippen LogP contribution is -2.46. The monoisotopic (exact) mass is 356 g/mol. The molecule has 1 aromatic carbocycles. The Morgan fingerprint density at radius 3 is 2.83 bits per heavy atom. The zero-order valence-corrected chi connectivity index (χ0v) is 14.0. The molecular weight excluding hydrogens is 338 g/mol. The lowest BCUT2D eigenvalue weighted by molar-refractivity contribution is -0.0744. The molecule has 2 amide bonds. The summed E-state index contributed by atoms with van der Waals surface area (Å²) in [6, 6.07) is 3.05. The number of fused-ring (bicyclic) bond motifs is 1. The van der Waals surface area contributed by atoms with Gasteiger partial charge in [0.1, 0.15) is 0 Å². The molecule has 0 radical (unpaired) electrons. The summed E-state index contributed by atoms with van der Waals surface area (Å²) in [7, 11) is 1.54. The molecule has 0 atom stereocenters. The number of aromatic nitrogens is 2. The quantitative estimate of drug-likeness (QED) is 0.885. The normalized spacial score (nSPS) is 16.6. The van der Waals surface area contributed by atoms with E-state index in [9.17, 15) is 13.6 Å². The molecule has 5 nitrogen and oxygen atoms in total. The first-order valence-electron chi connectivity index (χ1n) is 7.86. The van der Waals surface area contributed by atoms with Gasteiger partial charge in [-0.3, -0.25) is 5.10 Å². The number of alkyl halides is 2. The van der Waals surface area contributed by atoms with Gasteiger partial charge >= 0.3 is 6.03 Å². The third-order valence-electron chi connectivity index (χ3n) is 4.61. The zero-order chi connectivity index (χ0) is 17.3.